The third-order valence-electron chi connectivity index (χ3n) is 4.03. The molecule has 136 valence electrons. The first-order valence-electron chi connectivity index (χ1n) is 8.05. The maximum absolute atomic E-state index is 12.6. The highest BCUT2D eigenvalue weighted by atomic mass is 35.5. The molecule has 0 N–H and O–H groups in total. The number of aromatic nitrogens is 4. The van der Waals surface area contributed by atoms with Gasteiger partial charge in [-0.2, -0.15) is 13.9 Å². The van der Waals surface area contributed by atoms with E-state index in [9.17, 15) is 8.78 Å². The number of pyridine rings is 2. The highest BCUT2D eigenvalue weighted by molar-refractivity contribution is 6.32. The van der Waals surface area contributed by atoms with Gasteiger partial charge in [0.2, 0.25) is 0 Å². The average Bonchev–Trinajstić information content (AvgIpc) is 3.06. The lowest BCUT2D eigenvalue weighted by Crippen LogP contribution is -2.02. The van der Waals surface area contributed by atoms with Gasteiger partial charge in [0, 0.05) is 24.2 Å². The topological polar surface area (TPSA) is 52.8 Å². The molecule has 0 atom stereocenters. The minimum absolute atomic E-state index is 0.0758. The van der Waals surface area contributed by atoms with Crippen molar-refractivity contribution in [3.8, 4) is 16.9 Å². The summed E-state index contributed by atoms with van der Waals surface area (Å²) >= 11 is 5.93. The summed E-state index contributed by atoms with van der Waals surface area (Å²) in [4.78, 5) is 8.52. The number of hydrogen-bond donors (Lipinski definition) is 0. The summed E-state index contributed by atoms with van der Waals surface area (Å²) in [5.74, 6) is -0.0758. The van der Waals surface area contributed by atoms with Crippen molar-refractivity contribution < 1.29 is 13.5 Å². The molecule has 4 rings (SSSR count). The Balaban J connectivity index is 1.72. The standard InChI is InChI=1S/C19H13ClF2N4O/c20-15-4-3-13(7-18(15)27-19(21)22)14-6-17-16(24-9-14)10-25-26(17)11-12-2-1-5-23-8-12/h1-10,19H,11H2. The van der Waals surface area contributed by atoms with Gasteiger partial charge in [-0.1, -0.05) is 23.7 Å². The zero-order valence-electron chi connectivity index (χ0n) is 13.9. The van der Waals surface area contributed by atoms with Gasteiger partial charge in [-0.3, -0.25) is 14.6 Å². The quantitative estimate of drug-likeness (QED) is 0.494. The van der Waals surface area contributed by atoms with Crippen LogP contribution < -0.4 is 4.74 Å². The van der Waals surface area contributed by atoms with Crippen molar-refractivity contribution >= 4 is 22.6 Å². The van der Waals surface area contributed by atoms with Crippen LogP contribution in [-0.4, -0.2) is 26.4 Å². The van der Waals surface area contributed by atoms with E-state index >= 15 is 0 Å². The lowest BCUT2D eigenvalue weighted by atomic mass is 10.1. The maximum Gasteiger partial charge on any atom is 0.387 e. The van der Waals surface area contributed by atoms with Gasteiger partial charge >= 0.3 is 6.61 Å². The van der Waals surface area contributed by atoms with E-state index in [4.69, 9.17) is 11.6 Å². The molecule has 3 heterocycles. The summed E-state index contributed by atoms with van der Waals surface area (Å²) in [6.45, 7) is -2.40. The molecular formula is C19H13ClF2N4O. The molecule has 0 amide bonds. The van der Waals surface area contributed by atoms with Crippen LogP contribution in [0, 0.1) is 0 Å². The highest BCUT2D eigenvalue weighted by Crippen LogP contribution is 2.32. The van der Waals surface area contributed by atoms with Gasteiger partial charge in [0.05, 0.1) is 23.3 Å². The van der Waals surface area contributed by atoms with Crippen molar-refractivity contribution in [1.29, 1.82) is 0 Å². The Morgan fingerprint density at radius 3 is 2.74 bits per heavy atom. The zero-order valence-corrected chi connectivity index (χ0v) is 14.6. The Morgan fingerprint density at radius 2 is 1.96 bits per heavy atom. The largest absolute Gasteiger partial charge is 0.433 e. The van der Waals surface area contributed by atoms with Crippen molar-refractivity contribution in [3.63, 3.8) is 0 Å². The molecule has 0 saturated carbocycles. The van der Waals surface area contributed by atoms with Crippen LogP contribution in [-0.2, 0) is 6.54 Å². The van der Waals surface area contributed by atoms with Gasteiger partial charge in [0.25, 0.3) is 0 Å². The Morgan fingerprint density at radius 1 is 1.07 bits per heavy atom. The second-order valence-corrected chi connectivity index (χ2v) is 6.22. The number of hydrogen-bond acceptors (Lipinski definition) is 4. The molecule has 0 spiro atoms. The number of ether oxygens (including phenoxy) is 1. The Hall–Kier alpha value is -3.06. The lowest BCUT2D eigenvalue weighted by molar-refractivity contribution is -0.0497. The van der Waals surface area contributed by atoms with Crippen LogP contribution >= 0.6 is 11.6 Å². The fraction of sp³-hybridized carbons (Fsp3) is 0.105. The lowest BCUT2D eigenvalue weighted by Gasteiger charge is -2.09. The van der Waals surface area contributed by atoms with Gasteiger partial charge in [-0.15, -0.1) is 0 Å². The molecule has 3 aromatic heterocycles. The smallest absolute Gasteiger partial charge is 0.387 e. The van der Waals surface area contributed by atoms with Crippen molar-refractivity contribution in [3.05, 3.63) is 71.8 Å². The number of rotatable bonds is 5. The number of nitrogens with zero attached hydrogens (tertiary/aromatic N) is 4. The molecule has 0 bridgehead atoms. The highest BCUT2D eigenvalue weighted by Gasteiger charge is 2.12. The molecule has 4 aromatic rings. The van der Waals surface area contributed by atoms with Gasteiger partial charge < -0.3 is 4.74 Å². The maximum atomic E-state index is 12.6. The Kier molecular flexibility index (Phi) is 4.68. The third-order valence-corrected chi connectivity index (χ3v) is 4.34. The van der Waals surface area contributed by atoms with E-state index in [2.05, 4.69) is 19.8 Å². The van der Waals surface area contributed by atoms with Crippen LogP contribution in [0.15, 0.2) is 61.2 Å². The summed E-state index contributed by atoms with van der Waals surface area (Å²) < 4.78 is 31.4. The second kappa shape index (κ2) is 7.28. The van der Waals surface area contributed by atoms with E-state index in [1.807, 2.05) is 22.9 Å². The molecule has 0 aliphatic heterocycles. The monoisotopic (exact) mass is 386 g/mol. The molecule has 0 saturated heterocycles. The first-order chi connectivity index (χ1) is 13.1. The number of halogens is 3. The molecule has 1 aromatic carbocycles. The van der Waals surface area contributed by atoms with Crippen molar-refractivity contribution in [2.45, 2.75) is 13.2 Å². The molecule has 0 radical (unpaired) electrons. The number of alkyl halides is 2. The van der Waals surface area contributed by atoms with Gasteiger partial charge in [0.1, 0.15) is 11.3 Å². The van der Waals surface area contributed by atoms with Crippen molar-refractivity contribution in [1.82, 2.24) is 19.7 Å². The van der Waals surface area contributed by atoms with Gasteiger partial charge in [-0.25, -0.2) is 0 Å². The predicted octanol–water partition coefficient (Wildman–Crippen LogP) is 4.80. The molecule has 0 aliphatic carbocycles. The van der Waals surface area contributed by atoms with Crippen molar-refractivity contribution in [2.75, 3.05) is 0 Å². The fourth-order valence-electron chi connectivity index (χ4n) is 2.77. The Labute approximate surface area is 158 Å². The minimum atomic E-state index is -2.95. The molecule has 5 nitrogen and oxygen atoms in total. The summed E-state index contributed by atoms with van der Waals surface area (Å²) in [5, 5.41) is 4.50. The van der Waals surface area contributed by atoms with E-state index in [0.717, 1.165) is 22.2 Å². The SMILES string of the molecule is FC(F)Oc1cc(-c2cnc3cnn(Cc4cccnc4)c3c2)ccc1Cl. The van der Waals surface area contributed by atoms with E-state index in [1.54, 1.807) is 30.9 Å². The summed E-state index contributed by atoms with van der Waals surface area (Å²) in [5.41, 5.74) is 3.97. The van der Waals surface area contributed by atoms with Crippen LogP contribution in [0.25, 0.3) is 22.2 Å². The van der Waals surface area contributed by atoms with Crippen molar-refractivity contribution in [2.24, 2.45) is 0 Å². The van der Waals surface area contributed by atoms with E-state index in [1.165, 1.54) is 12.1 Å². The van der Waals surface area contributed by atoms with Gasteiger partial charge in [-0.05, 0) is 35.4 Å². The predicted molar refractivity (Wildman–Crippen MR) is 97.9 cm³/mol. The zero-order chi connectivity index (χ0) is 18.8. The van der Waals surface area contributed by atoms with Crippen LogP contribution in [0.3, 0.4) is 0 Å². The average molecular weight is 387 g/mol. The summed E-state index contributed by atoms with van der Waals surface area (Å²) in [6.07, 6.45) is 6.83. The van der Waals surface area contributed by atoms with Crippen LogP contribution in [0.1, 0.15) is 5.56 Å². The van der Waals surface area contributed by atoms with Crippen LogP contribution in [0.4, 0.5) is 8.78 Å². The van der Waals surface area contributed by atoms with Crippen LogP contribution in [0.2, 0.25) is 5.02 Å². The second-order valence-electron chi connectivity index (χ2n) is 5.82. The fourth-order valence-corrected chi connectivity index (χ4v) is 2.94. The van der Waals surface area contributed by atoms with Crippen LogP contribution in [0.5, 0.6) is 5.75 Å². The Bertz CT molecular complexity index is 1090. The van der Waals surface area contributed by atoms with Gasteiger partial charge in [0.15, 0.2) is 0 Å². The van der Waals surface area contributed by atoms with E-state index in [-0.39, 0.29) is 10.8 Å². The summed E-state index contributed by atoms with van der Waals surface area (Å²) in [6, 6.07) is 10.4. The molecule has 0 unspecified atom stereocenters. The molecular weight excluding hydrogens is 374 g/mol. The summed E-state index contributed by atoms with van der Waals surface area (Å²) in [7, 11) is 0. The normalized spacial score (nSPS) is 11.3. The van der Waals surface area contributed by atoms with E-state index in [0.29, 0.717) is 12.1 Å². The first-order valence-corrected chi connectivity index (χ1v) is 8.43. The first kappa shape index (κ1) is 17.4. The third kappa shape index (κ3) is 3.73. The molecule has 27 heavy (non-hydrogen) atoms. The molecule has 0 aliphatic rings. The molecule has 0 fully saturated rings. The number of fused-ring (bicyclic) bond motifs is 1. The number of benzene rings is 1. The van der Waals surface area contributed by atoms with E-state index < -0.39 is 6.61 Å². The minimum Gasteiger partial charge on any atom is -0.433 e. The molecule has 8 heteroatoms.